The zero-order valence-corrected chi connectivity index (χ0v) is 19.1. The minimum absolute atomic E-state index is 0.111. The number of hydrogen-bond donors (Lipinski definition) is 1. The van der Waals surface area contributed by atoms with Gasteiger partial charge in [0.25, 0.3) is 0 Å². The van der Waals surface area contributed by atoms with Crippen LogP contribution in [0, 0.1) is 0 Å². The summed E-state index contributed by atoms with van der Waals surface area (Å²) in [6.07, 6.45) is 1.67. The van der Waals surface area contributed by atoms with E-state index in [1.807, 2.05) is 36.4 Å². The first-order valence-electron chi connectivity index (χ1n) is 11.5. The van der Waals surface area contributed by atoms with Gasteiger partial charge in [-0.2, -0.15) is 5.10 Å². The number of aryl methyl sites for hydroxylation is 1. The molecule has 0 saturated carbocycles. The predicted octanol–water partition coefficient (Wildman–Crippen LogP) is 6.10. The molecule has 168 valence electrons. The van der Waals surface area contributed by atoms with Crippen molar-refractivity contribution in [3.63, 3.8) is 0 Å². The van der Waals surface area contributed by atoms with Gasteiger partial charge in [-0.25, -0.2) is 0 Å². The molecule has 3 aromatic carbocycles. The number of nitrogens with one attached hydrogen (secondary N) is 1. The highest BCUT2D eigenvalue weighted by atomic mass is 16.5. The van der Waals surface area contributed by atoms with E-state index in [4.69, 9.17) is 14.6 Å². The minimum Gasteiger partial charge on any atom is -0.456 e. The maximum absolute atomic E-state index is 6.48. The van der Waals surface area contributed by atoms with Crippen molar-refractivity contribution in [2.45, 2.75) is 18.9 Å². The van der Waals surface area contributed by atoms with E-state index >= 15 is 0 Å². The van der Waals surface area contributed by atoms with E-state index in [-0.39, 0.29) is 6.10 Å². The molecule has 0 bridgehead atoms. The number of fused-ring (bicyclic) bond motifs is 5. The van der Waals surface area contributed by atoms with E-state index in [2.05, 4.69) is 66.6 Å². The van der Waals surface area contributed by atoms with Crippen LogP contribution in [0.5, 0.6) is 11.5 Å². The van der Waals surface area contributed by atoms with Gasteiger partial charge in [0, 0.05) is 23.2 Å². The van der Waals surface area contributed by atoms with Crippen LogP contribution in [0.2, 0.25) is 0 Å². The Morgan fingerprint density at radius 1 is 0.879 bits per heavy atom. The van der Waals surface area contributed by atoms with Crippen LogP contribution in [-0.2, 0) is 11.2 Å². The molecule has 0 radical (unpaired) electrons. The molecule has 1 aliphatic rings. The molecule has 4 aromatic rings. The van der Waals surface area contributed by atoms with Gasteiger partial charge >= 0.3 is 0 Å². The monoisotopic (exact) mass is 439 g/mol. The van der Waals surface area contributed by atoms with Crippen molar-refractivity contribution in [3.05, 3.63) is 90.1 Å². The number of ether oxygens (including phenoxy) is 2. The van der Waals surface area contributed by atoms with Crippen LogP contribution < -0.4 is 4.74 Å². The highest BCUT2D eigenvalue weighted by Crippen LogP contribution is 2.48. The summed E-state index contributed by atoms with van der Waals surface area (Å²) in [5.41, 5.74) is 6.31. The highest BCUT2D eigenvalue weighted by molar-refractivity contribution is 5.89. The van der Waals surface area contributed by atoms with E-state index in [0.29, 0.717) is 6.61 Å². The topological polar surface area (TPSA) is 50.4 Å². The summed E-state index contributed by atoms with van der Waals surface area (Å²) >= 11 is 0. The molecule has 33 heavy (non-hydrogen) atoms. The number of hydrogen-bond acceptors (Lipinski definition) is 4. The zero-order chi connectivity index (χ0) is 22.6. The van der Waals surface area contributed by atoms with Gasteiger partial charge in [0.15, 0.2) is 0 Å². The average Bonchev–Trinajstić information content (AvgIpc) is 3.21. The lowest BCUT2D eigenvalue weighted by Gasteiger charge is -2.20. The molecule has 1 atom stereocenters. The minimum atomic E-state index is -0.111. The molecule has 5 rings (SSSR count). The van der Waals surface area contributed by atoms with Gasteiger partial charge in [0.2, 0.25) is 0 Å². The number of benzene rings is 3. The first-order chi connectivity index (χ1) is 16.2. The SMILES string of the molecule is CN(C)CCOC(CCc1ccccc1)c1[nH]nc2c1-c1ccccc1Oc1ccccc1-2. The fraction of sp³-hybridized carbons (Fsp3) is 0.250. The van der Waals surface area contributed by atoms with Crippen LogP contribution >= 0.6 is 0 Å². The number of H-pyrrole nitrogens is 1. The Bertz CT molecular complexity index is 1220. The van der Waals surface area contributed by atoms with Crippen molar-refractivity contribution >= 4 is 0 Å². The Labute approximate surface area is 195 Å². The number of nitrogens with zero attached hydrogens (tertiary/aromatic N) is 2. The lowest BCUT2D eigenvalue weighted by atomic mass is 9.95. The molecular weight excluding hydrogens is 410 g/mol. The summed E-state index contributed by atoms with van der Waals surface area (Å²) in [4.78, 5) is 2.14. The Kier molecular flexibility index (Phi) is 6.24. The number of likely N-dealkylation sites (N-methyl/N-ethyl adjacent to an activating group) is 1. The molecule has 0 aliphatic carbocycles. The standard InChI is InChI=1S/C28H29N3O2/c1-31(2)18-19-32-25(17-16-20-10-4-3-5-11-20)28-26-21-12-6-8-14-23(21)33-24-15-9-7-13-22(24)27(26)29-30-28/h3-15,25H,16-19H2,1-2H3,(H,29,30). The van der Waals surface area contributed by atoms with E-state index in [0.717, 1.165) is 59.0 Å². The van der Waals surface area contributed by atoms with Crippen LogP contribution in [0.3, 0.4) is 0 Å². The van der Waals surface area contributed by atoms with Crippen molar-refractivity contribution in [2.24, 2.45) is 0 Å². The first-order valence-corrected chi connectivity index (χ1v) is 11.5. The van der Waals surface area contributed by atoms with Gasteiger partial charge in [-0.1, -0.05) is 60.7 Å². The normalized spacial score (nSPS) is 12.9. The van der Waals surface area contributed by atoms with E-state index in [9.17, 15) is 0 Å². The molecule has 1 N–H and O–H groups in total. The maximum atomic E-state index is 6.48. The zero-order valence-electron chi connectivity index (χ0n) is 19.1. The van der Waals surface area contributed by atoms with Crippen LogP contribution in [0.25, 0.3) is 22.4 Å². The number of aromatic nitrogens is 2. The molecule has 0 spiro atoms. The molecule has 1 unspecified atom stereocenters. The first kappa shape index (κ1) is 21.4. The lowest BCUT2D eigenvalue weighted by molar-refractivity contribution is 0.0357. The van der Waals surface area contributed by atoms with Crippen molar-refractivity contribution in [1.29, 1.82) is 0 Å². The van der Waals surface area contributed by atoms with Crippen LogP contribution in [0.1, 0.15) is 23.8 Å². The van der Waals surface area contributed by atoms with Crippen molar-refractivity contribution < 1.29 is 9.47 Å². The summed E-state index contributed by atoms with van der Waals surface area (Å²) in [7, 11) is 4.13. The van der Waals surface area contributed by atoms with Gasteiger partial charge in [0.05, 0.1) is 18.4 Å². The summed E-state index contributed by atoms with van der Waals surface area (Å²) in [5, 5.41) is 8.14. The Morgan fingerprint density at radius 2 is 1.55 bits per heavy atom. The molecule has 0 amide bonds. The van der Waals surface area contributed by atoms with Crippen molar-refractivity contribution in [3.8, 4) is 33.9 Å². The van der Waals surface area contributed by atoms with Gasteiger partial charge in [0.1, 0.15) is 17.2 Å². The second-order valence-corrected chi connectivity index (χ2v) is 8.64. The maximum Gasteiger partial charge on any atom is 0.136 e. The Morgan fingerprint density at radius 3 is 2.30 bits per heavy atom. The average molecular weight is 440 g/mol. The molecular formula is C28H29N3O2. The van der Waals surface area contributed by atoms with Gasteiger partial charge in [-0.15, -0.1) is 0 Å². The summed E-state index contributed by atoms with van der Waals surface area (Å²) in [5.74, 6) is 1.65. The van der Waals surface area contributed by atoms with Crippen LogP contribution in [0.15, 0.2) is 78.9 Å². The van der Waals surface area contributed by atoms with E-state index < -0.39 is 0 Å². The van der Waals surface area contributed by atoms with Gasteiger partial charge in [-0.3, -0.25) is 5.10 Å². The molecule has 1 aromatic heterocycles. The largest absolute Gasteiger partial charge is 0.456 e. The fourth-order valence-corrected chi connectivity index (χ4v) is 4.32. The Hall–Kier alpha value is -3.41. The van der Waals surface area contributed by atoms with E-state index in [1.54, 1.807) is 0 Å². The quantitative estimate of drug-likeness (QED) is 0.317. The van der Waals surface area contributed by atoms with Crippen LogP contribution in [-0.4, -0.2) is 42.3 Å². The molecule has 0 saturated heterocycles. The second kappa shape index (κ2) is 9.61. The number of rotatable bonds is 8. The smallest absolute Gasteiger partial charge is 0.136 e. The van der Waals surface area contributed by atoms with Crippen molar-refractivity contribution in [2.75, 3.05) is 27.2 Å². The number of para-hydroxylation sites is 2. The van der Waals surface area contributed by atoms with Crippen molar-refractivity contribution in [1.82, 2.24) is 15.1 Å². The molecule has 1 aliphatic heterocycles. The summed E-state index contributed by atoms with van der Waals surface area (Å²) < 4.78 is 12.8. The second-order valence-electron chi connectivity index (χ2n) is 8.64. The molecule has 0 fully saturated rings. The third-order valence-electron chi connectivity index (χ3n) is 6.03. The van der Waals surface area contributed by atoms with Gasteiger partial charge in [-0.05, 0) is 50.7 Å². The highest BCUT2D eigenvalue weighted by Gasteiger charge is 2.29. The molecule has 5 nitrogen and oxygen atoms in total. The molecule has 5 heteroatoms. The fourth-order valence-electron chi connectivity index (χ4n) is 4.32. The van der Waals surface area contributed by atoms with Gasteiger partial charge < -0.3 is 14.4 Å². The summed E-state index contributed by atoms with van der Waals surface area (Å²) in [6, 6.07) is 26.8. The summed E-state index contributed by atoms with van der Waals surface area (Å²) in [6.45, 7) is 1.51. The lowest BCUT2D eigenvalue weighted by Crippen LogP contribution is -2.20. The number of aromatic amines is 1. The third kappa shape index (κ3) is 4.56. The molecule has 2 heterocycles. The predicted molar refractivity (Wildman–Crippen MR) is 132 cm³/mol. The van der Waals surface area contributed by atoms with E-state index in [1.165, 1.54) is 5.56 Å². The third-order valence-corrected chi connectivity index (χ3v) is 6.03. The Balaban J connectivity index is 1.56. The van der Waals surface area contributed by atoms with Crippen LogP contribution in [0.4, 0.5) is 0 Å².